The van der Waals surface area contributed by atoms with Crippen LogP contribution >= 0.6 is 0 Å². The lowest BCUT2D eigenvalue weighted by molar-refractivity contribution is 0.645. The molecule has 1 aliphatic rings. The Balaban J connectivity index is 1.35. The largest absolute Gasteiger partial charge is 0.357 e. The van der Waals surface area contributed by atoms with Crippen LogP contribution in [0.3, 0.4) is 0 Å². The first-order chi connectivity index (χ1) is 12.3. The number of aromatic amines is 1. The van der Waals surface area contributed by atoms with Gasteiger partial charge in [0.15, 0.2) is 5.96 Å². The third-order valence-corrected chi connectivity index (χ3v) is 5.09. The summed E-state index contributed by atoms with van der Waals surface area (Å²) in [6, 6.07) is 21.3. The number of aliphatic imine (C=N–C) groups is 1. The predicted octanol–water partition coefficient (Wildman–Crippen LogP) is 3.56. The number of fused-ring (bicyclic) bond motifs is 1. The van der Waals surface area contributed by atoms with Crippen molar-refractivity contribution in [1.29, 1.82) is 0 Å². The second kappa shape index (κ2) is 6.63. The van der Waals surface area contributed by atoms with Crippen molar-refractivity contribution in [1.82, 2.24) is 15.6 Å². The first-order valence-electron chi connectivity index (χ1n) is 8.86. The van der Waals surface area contributed by atoms with Gasteiger partial charge in [-0.1, -0.05) is 48.5 Å². The highest BCUT2D eigenvalue weighted by atomic mass is 15.2. The highest BCUT2D eigenvalue weighted by Gasteiger charge is 2.43. The van der Waals surface area contributed by atoms with E-state index in [1.165, 1.54) is 29.3 Å². The Hall–Kier alpha value is -2.75. The van der Waals surface area contributed by atoms with Gasteiger partial charge in [-0.25, -0.2) is 0 Å². The SMILES string of the molecule is CN=C(NCc1cc2ccccc2[nH]1)NCC1(c2ccccc2)CC1. The van der Waals surface area contributed by atoms with Gasteiger partial charge in [0.1, 0.15) is 0 Å². The van der Waals surface area contributed by atoms with E-state index in [0.29, 0.717) is 0 Å². The summed E-state index contributed by atoms with van der Waals surface area (Å²) in [5.41, 5.74) is 4.03. The molecule has 2 aromatic carbocycles. The molecule has 4 nitrogen and oxygen atoms in total. The van der Waals surface area contributed by atoms with Crippen molar-refractivity contribution >= 4 is 16.9 Å². The number of para-hydroxylation sites is 1. The molecule has 1 heterocycles. The molecule has 0 spiro atoms. The van der Waals surface area contributed by atoms with E-state index in [2.05, 4.69) is 81.3 Å². The minimum Gasteiger partial charge on any atom is -0.357 e. The van der Waals surface area contributed by atoms with Crippen LogP contribution in [0.2, 0.25) is 0 Å². The van der Waals surface area contributed by atoms with Crippen LogP contribution in [0.1, 0.15) is 24.1 Å². The zero-order valence-corrected chi connectivity index (χ0v) is 14.5. The van der Waals surface area contributed by atoms with Gasteiger partial charge in [0.25, 0.3) is 0 Å². The predicted molar refractivity (Wildman–Crippen MR) is 104 cm³/mol. The standard InChI is InChI=1S/C21H24N4/c1-22-20(23-14-18-13-16-7-5-6-10-19(16)25-18)24-15-21(11-12-21)17-8-3-2-4-9-17/h2-10,13,25H,11-12,14-15H2,1H3,(H2,22,23,24). The van der Waals surface area contributed by atoms with E-state index in [9.17, 15) is 0 Å². The fourth-order valence-corrected chi connectivity index (χ4v) is 3.39. The summed E-state index contributed by atoms with van der Waals surface area (Å²) in [5, 5.41) is 8.14. The summed E-state index contributed by atoms with van der Waals surface area (Å²) in [7, 11) is 1.82. The van der Waals surface area contributed by atoms with Crippen molar-refractivity contribution in [2.75, 3.05) is 13.6 Å². The second-order valence-electron chi connectivity index (χ2n) is 6.81. The van der Waals surface area contributed by atoms with E-state index in [-0.39, 0.29) is 5.41 Å². The van der Waals surface area contributed by atoms with Gasteiger partial charge in [0.05, 0.1) is 6.54 Å². The maximum absolute atomic E-state index is 4.36. The highest BCUT2D eigenvalue weighted by Crippen LogP contribution is 2.47. The number of aromatic nitrogens is 1. The maximum Gasteiger partial charge on any atom is 0.191 e. The summed E-state index contributed by atoms with van der Waals surface area (Å²) in [5.74, 6) is 0.848. The smallest absolute Gasteiger partial charge is 0.191 e. The topological polar surface area (TPSA) is 52.2 Å². The van der Waals surface area contributed by atoms with Crippen LogP contribution in [-0.2, 0) is 12.0 Å². The van der Waals surface area contributed by atoms with Crippen LogP contribution in [0.5, 0.6) is 0 Å². The molecule has 3 aromatic rings. The summed E-state index contributed by atoms with van der Waals surface area (Å²) in [4.78, 5) is 7.80. The van der Waals surface area contributed by atoms with E-state index in [1.54, 1.807) is 0 Å². The van der Waals surface area contributed by atoms with Crippen molar-refractivity contribution in [3.63, 3.8) is 0 Å². The van der Waals surface area contributed by atoms with Gasteiger partial charge in [0.2, 0.25) is 0 Å². The molecular formula is C21H24N4. The number of hydrogen-bond donors (Lipinski definition) is 3. The Morgan fingerprint density at radius 3 is 2.52 bits per heavy atom. The molecular weight excluding hydrogens is 308 g/mol. The summed E-state index contributed by atoms with van der Waals surface area (Å²) in [6.07, 6.45) is 2.48. The van der Waals surface area contributed by atoms with Crippen molar-refractivity contribution in [2.45, 2.75) is 24.8 Å². The van der Waals surface area contributed by atoms with Crippen LogP contribution in [0.25, 0.3) is 10.9 Å². The maximum atomic E-state index is 4.36. The summed E-state index contributed by atoms with van der Waals surface area (Å²) >= 11 is 0. The Morgan fingerprint density at radius 1 is 1.04 bits per heavy atom. The molecule has 3 N–H and O–H groups in total. The molecule has 128 valence electrons. The molecule has 0 radical (unpaired) electrons. The summed E-state index contributed by atoms with van der Waals surface area (Å²) < 4.78 is 0. The van der Waals surface area contributed by atoms with E-state index in [0.717, 1.165) is 24.7 Å². The Labute approximate surface area is 148 Å². The van der Waals surface area contributed by atoms with Gasteiger partial charge in [0, 0.05) is 30.2 Å². The first-order valence-corrected chi connectivity index (χ1v) is 8.86. The zero-order valence-electron chi connectivity index (χ0n) is 14.5. The molecule has 1 saturated carbocycles. The van der Waals surface area contributed by atoms with Gasteiger partial charge >= 0.3 is 0 Å². The van der Waals surface area contributed by atoms with E-state index in [1.807, 2.05) is 7.05 Å². The number of rotatable bonds is 5. The molecule has 0 aliphatic heterocycles. The quantitative estimate of drug-likeness (QED) is 0.494. The third kappa shape index (κ3) is 3.38. The van der Waals surface area contributed by atoms with Gasteiger partial charge < -0.3 is 15.6 Å². The fraction of sp³-hybridized carbons (Fsp3) is 0.286. The van der Waals surface area contributed by atoms with Gasteiger partial charge in [-0.3, -0.25) is 4.99 Å². The van der Waals surface area contributed by atoms with Crippen LogP contribution in [0, 0.1) is 0 Å². The number of nitrogens with one attached hydrogen (secondary N) is 3. The van der Waals surface area contributed by atoms with Crippen LogP contribution in [0.15, 0.2) is 65.7 Å². The minimum absolute atomic E-state index is 0.278. The highest BCUT2D eigenvalue weighted by molar-refractivity contribution is 5.81. The second-order valence-corrected chi connectivity index (χ2v) is 6.81. The molecule has 0 saturated heterocycles. The lowest BCUT2D eigenvalue weighted by Gasteiger charge is -2.19. The molecule has 0 bridgehead atoms. The van der Waals surface area contributed by atoms with E-state index in [4.69, 9.17) is 0 Å². The van der Waals surface area contributed by atoms with Crippen LogP contribution in [0.4, 0.5) is 0 Å². The number of benzene rings is 2. The molecule has 0 amide bonds. The lowest BCUT2D eigenvalue weighted by Crippen LogP contribution is -2.40. The lowest BCUT2D eigenvalue weighted by atomic mass is 9.96. The van der Waals surface area contributed by atoms with Gasteiger partial charge in [-0.15, -0.1) is 0 Å². The molecule has 25 heavy (non-hydrogen) atoms. The number of guanidine groups is 1. The fourth-order valence-electron chi connectivity index (χ4n) is 3.39. The molecule has 1 aliphatic carbocycles. The Morgan fingerprint density at radius 2 is 1.80 bits per heavy atom. The third-order valence-electron chi connectivity index (χ3n) is 5.09. The monoisotopic (exact) mass is 332 g/mol. The normalized spacial score (nSPS) is 16.0. The van der Waals surface area contributed by atoms with Crippen molar-refractivity contribution in [3.8, 4) is 0 Å². The van der Waals surface area contributed by atoms with Crippen molar-refractivity contribution in [3.05, 3.63) is 71.9 Å². The number of hydrogen-bond acceptors (Lipinski definition) is 1. The van der Waals surface area contributed by atoms with Crippen molar-refractivity contribution in [2.24, 2.45) is 4.99 Å². The number of H-pyrrole nitrogens is 1. The molecule has 0 atom stereocenters. The Bertz CT molecular complexity index is 842. The van der Waals surface area contributed by atoms with Gasteiger partial charge in [-0.2, -0.15) is 0 Å². The molecule has 4 heteroatoms. The average molecular weight is 332 g/mol. The minimum atomic E-state index is 0.278. The average Bonchev–Trinajstić information content (AvgIpc) is 3.34. The molecule has 1 fully saturated rings. The first kappa shape index (κ1) is 15.8. The molecule has 4 rings (SSSR count). The van der Waals surface area contributed by atoms with E-state index < -0.39 is 0 Å². The van der Waals surface area contributed by atoms with E-state index >= 15 is 0 Å². The molecule has 0 unspecified atom stereocenters. The zero-order chi connectivity index (χ0) is 17.1. The van der Waals surface area contributed by atoms with Gasteiger partial charge in [-0.05, 0) is 35.9 Å². The summed E-state index contributed by atoms with van der Waals surface area (Å²) in [6.45, 7) is 1.65. The Kier molecular flexibility index (Phi) is 4.18. The molecule has 1 aromatic heterocycles. The number of nitrogens with zero attached hydrogens (tertiary/aromatic N) is 1. The van der Waals surface area contributed by atoms with Crippen molar-refractivity contribution < 1.29 is 0 Å². The van der Waals surface area contributed by atoms with Crippen LogP contribution < -0.4 is 10.6 Å². The van der Waals surface area contributed by atoms with Crippen LogP contribution in [-0.4, -0.2) is 24.5 Å².